The normalized spacial score (nSPS) is 15.3. The predicted octanol–water partition coefficient (Wildman–Crippen LogP) is 4.25. The highest BCUT2D eigenvalue weighted by atomic mass is 32.2. The zero-order chi connectivity index (χ0) is 26.6. The van der Waals surface area contributed by atoms with Crippen molar-refractivity contribution in [3.63, 3.8) is 0 Å². The Balaban J connectivity index is 1.46. The molecule has 1 saturated heterocycles. The Labute approximate surface area is 228 Å². The average Bonchev–Trinajstić information content (AvgIpc) is 3.21. The third-order valence-corrected chi connectivity index (χ3v) is 7.44. The van der Waals surface area contributed by atoms with E-state index in [1.165, 1.54) is 15.4 Å². The van der Waals surface area contributed by atoms with E-state index in [0.29, 0.717) is 21.4 Å². The van der Waals surface area contributed by atoms with Crippen LogP contribution in [-0.4, -0.2) is 43.3 Å². The second-order valence-corrected chi connectivity index (χ2v) is 10.2. The maximum Gasteiger partial charge on any atom is 0.267 e. The van der Waals surface area contributed by atoms with E-state index in [9.17, 15) is 14.7 Å². The summed E-state index contributed by atoms with van der Waals surface area (Å²) in [5.41, 5.74) is 1.94. The van der Waals surface area contributed by atoms with Crippen LogP contribution >= 0.6 is 24.0 Å². The molecule has 1 amide bonds. The molecule has 0 saturated carbocycles. The lowest BCUT2D eigenvalue weighted by Gasteiger charge is -2.15. The van der Waals surface area contributed by atoms with Crippen molar-refractivity contribution in [3.05, 3.63) is 111 Å². The molecule has 1 aliphatic heterocycles. The minimum Gasteiger partial charge on any atom is -0.497 e. The van der Waals surface area contributed by atoms with Gasteiger partial charge in [0.1, 0.15) is 21.5 Å². The number of anilines is 1. The summed E-state index contributed by atoms with van der Waals surface area (Å²) >= 11 is 6.63. The zero-order valence-corrected chi connectivity index (χ0v) is 22.0. The van der Waals surface area contributed by atoms with Crippen molar-refractivity contribution >= 4 is 51.7 Å². The fourth-order valence-corrected chi connectivity index (χ4v) is 5.27. The lowest BCUT2D eigenvalue weighted by molar-refractivity contribution is -0.122. The van der Waals surface area contributed by atoms with Gasteiger partial charge < -0.3 is 15.2 Å². The first-order valence-corrected chi connectivity index (χ1v) is 13.0. The van der Waals surface area contributed by atoms with E-state index in [2.05, 4.69) is 10.3 Å². The van der Waals surface area contributed by atoms with Crippen molar-refractivity contribution in [1.29, 1.82) is 0 Å². The van der Waals surface area contributed by atoms with E-state index in [1.807, 2.05) is 54.6 Å². The summed E-state index contributed by atoms with van der Waals surface area (Å²) in [5, 5.41) is 13.8. The van der Waals surface area contributed by atoms with Crippen LogP contribution < -0.4 is 15.6 Å². The van der Waals surface area contributed by atoms with Gasteiger partial charge >= 0.3 is 0 Å². The van der Waals surface area contributed by atoms with Crippen molar-refractivity contribution in [2.75, 3.05) is 19.0 Å². The number of benzene rings is 2. The summed E-state index contributed by atoms with van der Waals surface area (Å²) in [6.07, 6.45) is 2.33. The van der Waals surface area contributed by atoms with Gasteiger partial charge in [-0.05, 0) is 41.5 Å². The van der Waals surface area contributed by atoms with Crippen molar-refractivity contribution < 1.29 is 14.6 Å². The van der Waals surface area contributed by atoms with Gasteiger partial charge in [-0.15, -0.1) is 0 Å². The number of thioether (sulfide) groups is 1. The number of aliphatic hydroxyl groups is 1. The molecule has 5 rings (SSSR count). The van der Waals surface area contributed by atoms with Crippen LogP contribution in [0.1, 0.15) is 22.8 Å². The summed E-state index contributed by atoms with van der Waals surface area (Å²) in [5.74, 6) is 0.709. The van der Waals surface area contributed by atoms with E-state index in [4.69, 9.17) is 17.0 Å². The topological polar surface area (TPSA) is 96.2 Å². The molecule has 10 heteroatoms. The monoisotopic (exact) mass is 544 g/mol. The number of aromatic nitrogens is 2. The molecule has 4 aromatic rings. The Morgan fingerprint density at radius 1 is 1.08 bits per heavy atom. The lowest BCUT2D eigenvalue weighted by Crippen LogP contribution is -2.27. The maximum atomic E-state index is 13.5. The van der Waals surface area contributed by atoms with Crippen LogP contribution in [0.25, 0.3) is 11.7 Å². The Morgan fingerprint density at radius 2 is 1.82 bits per heavy atom. The molecular weight excluding hydrogens is 520 g/mol. The van der Waals surface area contributed by atoms with Gasteiger partial charge in [0.15, 0.2) is 0 Å². The standard InChI is InChI=1S/C28H24N4O4S2/c1-36-20-12-10-18(11-13-20)17-32-27(35)23(38-28(32)37)15-21-25(29-16-22(33)19-7-3-2-4-8-19)30-24-9-5-6-14-31(24)26(21)34/h2-15,22,29,33H,16-17H2,1H3/b23-15-/t22-/m1/s1. The number of methoxy groups -OCH3 is 1. The number of pyridine rings is 1. The van der Waals surface area contributed by atoms with Crippen molar-refractivity contribution in [3.8, 4) is 5.75 Å². The van der Waals surface area contributed by atoms with Gasteiger partial charge in [0, 0.05) is 12.7 Å². The molecule has 0 aliphatic carbocycles. The smallest absolute Gasteiger partial charge is 0.267 e. The van der Waals surface area contributed by atoms with E-state index >= 15 is 0 Å². The molecule has 3 heterocycles. The summed E-state index contributed by atoms with van der Waals surface area (Å²) in [4.78, 5) is 33.2. The van der Waals surface area contributed by atoms with Crippen LogP contribution in [0.4, 0.5) is 5.82 Å². The second-order valence-electron chi connectivity index (χ2n) is 8.53. The molecule has 8 nitrogen and oxygen atoms in total. The van der Waals surface area contributed by atoms with Crippen LogP contribution in [0.3, 0.4) is 0 Å². The van der Waals surface area contributed by atoms with Gasteiger partial charge in [-0.3, -0.25) is 18.9 Å². The van der Waals surface area contributed by atoms with Crippen LogP contribution in [-0.2, 0) is 11.3 Å². The summed E-state index contributed by atoms with van der Waals surface area (Å²) in [6.45, 7) is 0.425. The number of fused-ring (bicyclic) bond motifs is 1. The molecule has 1 fully saturated rings. The molecule has 1 aliphatic rings. The molecule has 0 unspecified atom stereocenters. The molecule has 1 atom stereocenters. The molecule has 2 aromatic heterocycles. The molecule has 38 heavy (non-hydrogen) atoms. The number of nitrogens with zero attached hydrogens (tertiary/aromatic N) is 3. The first kappa shape index (κ1) is 25.7. The third-order valence-electron chi connectivity index (χ3n) is 6.07. The zero-order valence-electron chi connectivity index (χ0n) is 20.4. The Morgan fingerprint density at radius 3 is 2.55 bits per heavy atom. The highest BCUT2D eigenvalue weighted by Crippen LogP contribution is 2.34. The van der Waals surface area contributed by atoms with Crippen LogP contribution in [0.15, 0.2) is 88.7 Å². The molecular formula is C28H24N4O4S2. The number of carbonyl (C=O) groups excluding carboxylic acids is 1. The van der Waals surface area contributed by atoms with Crippen LogP contribution in [0.2, 0.25) is 0 Å². The Kier molecular flexibility index (Phi) is 7.54. The van der Waals surface area contributed by atoms with E-state index < -0.39 is 6.10 Å². The fourth-order valence-electron chi connectivity index (χ4n) is 4.03. The van der Waals surface area contributed by atoms with Crippen molar-refractivity contribution in [1.82, 2.24) is 14.3 Å². The van der Waals surface area contributed by atoms with Crippen molar-refractivity contribution in [2.24, 2.45) is 0 Å². The summed E-state index contributed by atoms with van der Waals surface area (Å²) < 4.78 is 7.02. The molecule has 0 radical (unpaired) electrons. The number of rotatable bonds is 8. The van der Waals surface area contributed by atoms with E-state index in [-0.39, 0.29) is 29.4 Å². The van der Waals surface area contributed by atoms with E-state index in [0.717, 1.165) is 28.6 Å². The van der Waals surface area contributed by atoms with Gasteiger partial charge in [0.05, 0.1) is 30.2 Å². The minimum absolute atomic E-state index is 0.124. The van der Waals surface area contributed by atoms with Crippen LogP contribution in [0.5, 0.6) is 5.75 Å². The Hall–Kier alpha value is -3.99. The van der Waals surface area contributed by atoms with Gasteiger partial charge in [0.25, 0.3) is 11.5 Å². The van der Waals surface area contributed by atoms with E-state index in [1.54, 1.807) is 31.5 Å². The Bertz CT molecular complexity index is 1590. The lowest BCUT2D eigenvalue weighted by atomic mass is 10.1. The molecule has 0 bridgehead atoms. The summed E-state index contributed by atoms with van der Waals surface area (Å²) in [6, 6.07) is 21.9. The summed E-state index contributed by atoms with van der Waals surface area (Å²) in [7, 11) is 1.59. The number of nitrogens with one attached hydrogen (secondary N) is 1. The number of amides is 1. The number of hydrogen-bond donors (Lipinski definition) is 2. The van der Waals surface area contributed by atoms with Gasteiger partial charge in [-0.2, -0.15) is 0 Å². The molecule has 192 valence electrons. The first-order valence-electron chi connectivity index (χ1n) is 11.8. The molecule has 2 aromatic carbocycles. The highest BCUT2D eigenvalue weighted by molar-refractivity contribution is 8.26. The SMILES string of the molecule is COc1ccc(CN2C(=O)/C(=C/c3c(NC[C@@H](O)c4ccccc4)nc4ccccn4c3=O)SC2=S)cc1. The van der Waals surface area contributed by atoms with Crippen LogP contribution in [0, 0.1) is 0 Å². The number of aliphatic hydroxyl groups excluding tert-OH is 1. The number of hydrogen-bond acceptors (Lipinski definition) is 8. The minimum atomic E-state index is -0.817. The van der Waals surface area contributed by atoms with Gasteiger partial charge in [-0.1, -0.05) is 72.5 Å². The van der Waals surface area contributed by atoms with Gasteiger partial charge in [0.2, 0.25) is 0 Å². The fraction of sp³-hybridized carbons (Fsp3) is 0.143. The third kappa shape index (κ3) is 5.33. The van der Waals surface area contributed by atoms with Gasteiger partial charge in [-0.25, -0.2) is 4.98 Å². The van der Waals surface area contributed by atoms with Crippen molar-refractivity contribution in [2.45, 2.75) is 12.6 Å². The quantitative estimate of drug-likeness (QED) is 0.251. The maximum absolute atomic E-state index is 13.5. The predicted molar refractivity (Wildman–Crippen MR) is 153 cm³/mol. The second kappa shape index (κ2) is 11.2. The average molecular weight is 545 g/mol. The molecule has 0 spiro atoms. The number of carbonyl (C=O) groups is 1. The number of ether oxygens (including phenoxy) is 1. The molecule has 2 N–H and O–H groups in total. The number of thiocarbonyl (C=S) groups is 1. The largest absolute Gasteiger partial charge is 0.497 e. The highest BCUT2D eigenvalue weighted by Gasteiger charge is 2.32. The first-order chi connectivity index (χ1) is 18.4.